The zero-order valence-electron chi connectivity index (χ0n) is 20.1. The van der Waals surface area contributed by atoms with E-state index in [-0.39, 0.29) is 20.3 Å². The number of carbonyl (C=O) groups is 2. The first-order valence-electron chi connectivity index (χ1n) is 11.4. The second-order valence-electron chi connectivity index (χ2n) is 9.76. The first kappa shape index (κ1) is 25.1. The van der Waals surface area contributed by atoms with Crippen LogP contribution >= 0.6 is 0 Å². The highest BCUT2D eigenvalue weighted by molar-refractivity contribution is 6.45. The third-order valence-corrected chi connectivity index (χ3v) is 7.09. The summed E-state index contributed by atoms with van der Waals surface area (Å²) in [5.74, 6) is -0.610. The summed E-state index contributed by atoms with van der Waals surface area (Å²) in [5.41, 5.74) is -1.06. The molecule has 0 spiro atoms. The summed E-state index contributed by atoms with van der Waals surface area (Å²) < 4.78 is 22.5. The molecule has 2 aliphatic rings. The molecule has 2 fully saturated rings. The van der Waals surface area contributed by atoms with Crippen LogP contribution in [0, 0.1) is 16.7 Å². The highest BCUT2D eigenvalue weighted by Gasteiger charge is 2.55. The first-order chi connectivity index (χ1) is 15.5. The van der Waals surface area contributed by atoms with Crippen LogP contribution in [0.3, 0.4) is 0 Å². The van der Waals surface area contributed by atoms with E-state index in [1.165, 1.54) is 12.0 Å². The molecular weight excluding hydrogens is 423 g/mol. The average Bonchev–Trinajstić information content (AvgIpc) is 3.26. The Morgan fingerprint density at radius 3 is 2.39 bits per heavy atom. The van der Waals surface area contributed by atoms with Gasteiger partial charge in [0, 0.05) is 6.54 Å². The second kappa shape index (κ2) is 9.74. The van der Waals surface area contributed by atoms with Gasteiger partial charge in [0.2, 0.25) is 0 Å². The number of esters is 1. The van der Waals surface area contributed by atoms with Crippen LogP contribution in [0.4, 0.5) is 4.79 Å². The van der Waals surface area contributed by atoms with Gasteiger partial charge in [-0.05, 0) is 52.4 Å². The van der Waals surface area contributed by atoms with Crippen LogP contribution in [0.2, 0.25) is 6.32 Å². The Morgan fingerprint density at radius 1 is 1.18 bits per heavy atom. The molecule has 9 heteroatoms. The molecule has 1 aromatic carbocycles. The van der Waals surface area contributed by atoms with Crippen molar-refractivity contribution in [3.8, 4) is 6.07 Å². The van der Waals surface area contributed by atoms with E-state index in [1.807, 2.05) is 58.0 Å². The molecule has 2 aliphatic heterocycles. The van der Waals surface area contributed by atoms with Crippen LogP contribution in [-0.2, 0) is 30.2 Å². The number of nitriles is 1. The second-order valence-corrected chi connectivity index (χ2v) is 9.76. The first-order valence-corrected chi connectivity index (χ1v) is 11.4. The fourth-order valence-corrected chi connectivity index (χ4v) is 4.45. The van der Waals surface area contributed by atoms with Crippen molar-refractivity contribution in [1.29, 1.82) is 5.26 Å². The fraction of sp³-hybridized carbons (Fsp3) is 0.625. The Bertz CT molecular complexity index is 884. The molecule has 0 aliphatic carbocycles. The number of likely N-dealkylation sites (tertiary alicyclic amines) is 1. The summed E-state index contributed by atoms with van der Waals surface area (Å²) in [6.07, 6.45) is 1.34. The van der Waals surface area contributed by atoms with Crippen LogP contribution < -0.4 is 0 Å². The lowest BCUT2D eigenvalue weighted by molar-refractivity contribution is -0.148. The maximum atomic E-state index is 12.8. The minimum absolute atomic E-state index is 0.0888. The Balaban J connectivity index is 1.66. The van der Waals surface area contributed by atoms with Crippen molar-refractivity contribution in [2.75, 3.05) is 13.7 Å². The predicted octanol–water partition coefficient (Wildman–Crippen LogP) is 3.95. The highest BCUT2D eigenvalue weighted by atomic mass is 16.7. The SMILES string of the molecule is COC(=O)[C@H]1N(C(=O)OCc2ccccc2)CC[C@@]1(C#N)CCCB1OC(C)(C)C(C)(C)O1. The molecule has 2 heterocycles. The number of methoxy groups -OCH3 is 1. The zero-order chi connectivity index (χ0) is 24.3. The molecule has 0 radical (unpaired) electrons. The van der Waals surface area contributed by atoms with Crippen molar-refractivity contribution in [2.45, 2.75) is 77.1 Å². The largest absolute Gasteiger partial charge is 0.467 e. The highest BCUT2D eigenvalue weighted by Crippen LogP contribution is 2.43. The fourth-order valence-electron chi connectivity index (χ4n) is 4.45. The van der Waals surface area contributed by atoms with Crippen molar-refractivity contribution in [2.24, 2.45) is 5.41 Å². The lowest BCUT2D eigenvalue weighted by Gasteiger charge is -2.32. The molecule has 0 unspecified atom stereocenters. The van der Waals surface area contributed by atoms with Crippen molar-refractivity contribution >= 4 is 19.2 Å². The minimum atomic E-state index is -1.05. The Hall–Kier alpha value is -2.57. The monoisotopic (exact) mass is 456 g/mol. The number of benzene rings is 1. The maximum Gasteiger partial charge on any atom is 0.457 e. The van der Waals surface area contributed by atoms with Gasteiger partial charge in [-0.25, -0.2) is 9.59 Å². The van der Waals surface area contributed by atoms with Crippen LogP contribution in [0.1, 0.15) is 52.5 Å². The smallest absolute Gasteiger partial charge is 0.457 e. The summed E-state index contributed by atoms with van der Waals surface area (Å²) in [4.78, 5) is 26.8. The Morgan fingerprint density at radius 2 is 1.82 bits per heavy atom. The molecular formula is C24H33BN2O6. The number of nitrogens with zero attached hydrogens (tertiary/aromatic N) is 2. The molecule has 178 valence electrons. The average molecular weight is 456 g/mol. The van der Waals surface area contributed by atoms with Gasteiger partial charge >= 0.3 is 19.2 Å². The van der Waals surface area contributed by atoms with Gasteiger partial charge in [-0.3, -0.25) is 4.90 Å². The quantitative estimate of drug-likeness (QED) is 0.453. The van der Waals surface area contributed by atoms with E-state index in [0.717, 1.165) is 5.56 Å². The number of rotatable bonds is 7. The van der Waals surface area contributed by atoms with Gasteiger partial charge in [0.1, 0.15) is 6.61 Å². The Labute approximate surface area is 196 Å². The molecule has 1 aromatic rings. The van der Waals surface area contributed by atoms with Gasteiger partial charge in [-0.15, -0.1) is 0 Å². The van der Waals surface area contributed by atoms with Crippen molar-refractivity contribution in [3.63, 3.8) is 0 Å². The number of hydrogen-bond acceptors (Lipinski definition) is 7. The number of hydrogen-bond donors (Lipinski definition) is 0. The third-order valence-electron chi connectivity index (χ3n) is 7.09. The van der Waals surface area contributed by atoms with E-state index >= 15 is 0 Å². The molecule has 1 amide bonds. The molecule has 0 aromatic heterocycles. The lowest BCUT2D eigenvalue weighted by Crippen LogP contribution is -2.48. The van der Waals surface area contributed by atoms with Crippen LogP contribution in [0.5, 0.6) is 0 Å². The summed E-state index contributed by atoms with van der Waals surface area (Å²) in [5, 5.41) is 10.1. The van der Waals surface area contributed by atoms with E-state index in [9.17, 15) is 14.9 Å². The van der Waals surface area contributed by atoms with Crippen molar-refractivity contribution in [3.05, 3.63) is 35.9 Å². The standard InChI is InChI=1S/C24H33BN2O6/c1-22(2)23(3,4)33-25(32-22)14-9-12-24(17-26)13-15-27(19(24)20(28)30-5)21(29)31-16-18-10-7-6-8-11-18/h6-8,10-11,19H,9,12-16H2,1-5H3/t19-,24-/m1/s1. The zero-order valence-corrected chi connectivity index (χ0v) is 20.1. The van der Waals surface area contributed by atoms with E-state index in [1.54, 1.807) is 0 Å². The minimum Gasteiger partial charge on any atom is -0.467 e. The maximum absolute atomic E-state index is 12.8. The summed E-state index contributed by atoms with van der Waals surface area (Å²) in [7, 11) is 0.886. The summed E-state index contributed by atoms with van der Waals surface area (Å²) >= 11 is 0. The third kappa shape index (κ3) is 5.17. The molecule has 33 heavy (non-hydrogen) atoms. The number of carbonyl (C=O) groups excluding carboxylic acids is 2. The van der Waals surface area contributed by atoms with Crippen molar-refractivity contribution in [1.82, 2.24) is 4.90 Å². The number of ether oxygens (including phenoxy) is 2. The lowest BCUT2D eigenvalue weighted by atomic mass is 9.73. The van der Waals surface area contributed by atoms with Crippen LogP contribution in [0.15, 0.2) is 30.3 Å². The Kier molecular flexibility index (Phi) is 7.40. The normalized spacial score (nSPS) is 25.5. The van der Waals surface area contributed by atoms with Gasteiger partial charge in [0.15, 0.2) is 6.04 Å². The van der Waals surface area contributed by atoms with Gasteiger partial charge in [-0.1, -0.05) is 36.8 Å². The van der Waals surface area contributed by atoms with E-state index in [2.05, 4.69) is 6.07 Å². The van der Waals surface area contributed by atoms with Gasteiger partial charge in [0.05, 0.1) is 29.8 Å². The number of amides is 1. The van der Waals surface area contributed by atoms with E-state index in [4.69, 9.17) is 18.8 Å². The summed E-state index contributed by atoms with van der Waals surface area (Å²) in [6.45, 7) is 8.31. The van der Waals surface area contributed by atoms with Gasteiger partial charge in [-0.2, -0.15) is 5.26 Å². The summed E-state index contributed by atoms with van der Waals surface area (Å²) in [6, 6.07) is 10.6. The molecule has 0 bridgehead atoms. The molecule has 0 N–H and O–H groups in total. The van der Waals surface area contributed by atoms with Crippen LogP contribution in [-0.4, -0.2) is 55.0 Å². The predicted molar refractivity (Wildman–Crippen MR) is 122 cm³/mol. The van der Waals surface area contributed by atoms with Gasteiger partial charge < -0.3 is 18.8 Å². The van der Waals surface area contributed by atoms with Crippen molar-refractivity contribution < 1.29 is 28.4 Å². The molecule has 8 nitrogen and oxygen atoms in total. The molecule has 0 saturated carbocycles. The van der Waals surface area contributed by atoms with Gasteiger partial charge in [0.25, 0.3) is 0 Å². The molecule has 3 rings (SSSR count). The van der Waals surface area contributed by atoms with Crippen LogP contribution in [0.25, 0.3) is 0 Å². The molecule has 2 saturated heterocycles. The molecule has 2 atom stereocenters. The topological polar surface area (TPSA) is 98.1 Å². The van der Waals surface area contributed by atoms with E-state index in [0.29, 0.717) is 25.6 Å². The van der Waals surface area contributed by atoms with E-state index < -0.39 is 34.7 Å².